The lowest BCUT2D eigenvalue weighted by Crippen LogP contribution is -2.40. The molecule has 112 valence electrons. The minimum Gasteiger partial charge on any atom is -0.393 e. The monoisotopic (exact) mass is 315 g/mol. The van der Waals surface area contributed by atoms with Crippen LogP contribution in [0.15, 0.2) is 24.4 Å². The Balaban J connectivity index is 2.70. The SMILES string of the molecule is CC(C)N(CCC(N)=S)S(=O)(=O)CCc1ccccn1. The van der Waals surface area contributed by atoms with Crippen LogP contribution in [0.1, 0.15) is 26.0 Å². The molecule has 7 heteroatoms. The second-order valence-electron chi connectivity index (χ2n) is 4.81. The van der Waals surface area contributed by atoms with Crippen molar-refractivity contribution in [2.75, 3.05) is 12.3 Å². The Bertz CT molecular complexity index is 530. The summed E-state index contributed by atoms with van der Waals surface area (Å²) in [7, 11) is -3.34. The maximum absolute atomic E-state index is 12.4. The molecule has 0 aromatic carbocycles. The molecule has 0 aliphatic carbocycles. The fraction of sp³-hybridized carbons (Fsp3) is 0.538. The molecule has 1 aromatic rings. The number of nitrogens with two attached hydrogens (primary N) is 1. The van der Waals surface area contributed by atoms with E-state index in [0.29, 0.717) is 24.4 Å². The van der Waals surface area contributed by atoms with Crippen LogP contribution in [0.3, 0.4) is 0 Å². The number of aromatic nitrogens is 1. The van der Waals surface area contributed by atoms with Crippen LogP contribution in [-0.4, -0.2) is 41.0 Å². The van der Waals surface area contributed by atoms with Gasteiger partial charge in [0.2, 0.25) is 10.0 Å². The molecule has 2 N–H and O–H groups in total. The second-order valence-corrected chi connectivity index (χ2v) is 7.37. The average molecular weight is 315 g/mol. The van der Waals surface area contributed by atoms with E-state index in [1.165, 1.54) is 4.31 Å². The van der Waals surface area contributed by atoms with Gasteiger partial charge in [-0.1, -0.05) is 18.3 Å². The summed E-state index contributed by atoms with van der Waals surface area (Å²) in [4.78, 5) is 4.47. The number of hydrogen-bond donors (Lipinski definition) is 1. The summed E-state index contributed by atoms with van der Waals surface area (Å²) in [6.07, 6.45) is 2.46. The molecule has 0 unspecified atom stereocenters. The predicted molar refractivity (Wildman–Crippen MR) is 85.0 cm³/mol. The summed E-state index contributed by atoms with van der Waals surface area (Å²) in [6.45, 7) is 4.02. The quantitative estimate of drug-likeness (QED) is 0.733. The Kier molecular flexibility index (Phi) is 6.51. The highest BCUT2D eigenvalue weighted by atomic mass is 32.2. The van der Waals surface area contributed by atoms with Gasteiger partial charge in [-0.05, 0) is 26.0 Å². The third kappa shape index (κ3) is 5.52. The Labute approximate surface area is 126 Å². The van der Waals surface area contributed by atoms with Gasteiger partial charge < -0.3 is 5.73 Å². The molecule has 0 spiro atoms. The summed E-state index contributed by atoms with van der Waals surface area (Å²) in [5.41, 5.74) is 6.22. The number of sulfonamides is 1. The van der Waals surface area contributed by atoms with E-state index in [9.17, 15) is 8.42 Å². The fourth-order valence-electron chi connectivity index (χ4n) is 1.84. The van der Waals surface area contributed by atoms with Gasteiger partial charge >= 0.3 is 0 Å². The molecule has 1 heterocycles. The number of thiocarbonyl (C=S) groups is 1. The van der Waals surface area contributed by atoms with E-state index in [-0.39, 0.29) is 11.8 Å². The van der Waals surface area contributed by atoms with E-state index in [4.69, 9.17) is 18.0 Å². The molecule has 1 aromatic heterocycles. The Morgan fingerprint density at radius 2 is 2.15 bits per heavy atom. The van der Waals surface area contributed by atoms with Gasteiger partial charge in [0.05, 0.1) is 10.7 Å². The normalized spacial score (nSPS) is 12.0. The predicted octanol–water partition coefficient (Wildman–Crippen LogP) is 1.34. The maximum Gasteiger partial charge on any atom is 0.214 e. The number of hydrogen-bond acceptors (Lipinski definition) is 4. The summed E-state index contributed by atoms with van der Waals surface area (Å²) in [5.74, 6) is 0.0412. The third-order valence-corrected chi connectivity index (χ3v) is 5.10. The van der Waals surface area contributed by atoms with Crippen molar-refractivity contribution in [3.63, 3.8) is 0 Å². The van der Waals surface area contributed by atoms with Crippen LogP contribution < -0.4 is 5.73 Å². The number of aryl methyl sites for hydroxylation is 1. The number of nitrogens with zero attached hydrogens (tertiary/aromatic N) is 2. The molecule has 0 atom stereocenters. The van der Waals surface area contributed by atoms with Gasteiger partial charge in [0.25, 0.3) is 0 Å². The van der Waals surface area contributed by atoms with Gasteiger partial charge in [0, 0.05) is 37.3 Å². The van der Waals surface area contributed by atoms with E-state index in [1.807, 2.05) is 26.0 Å². The van der Waals surface area contributed by atoms with Crippen molar-refractivity contribution in [2.24, 2.45) is 5.73 Å². The van der Waals surface area contributed by atoms with Gasteiger partial charge in [-0.15, -0.1) is 0 Å². The van der Waals surface area contributed by atoms with Crippen molar-refractivity contribution < 1.29 is 8.42 Å². The highest BCUT2D eigenvalue weighted by Gasteiger charge is 2.24. The maximum atomic E-state index is 12.4. The highest BCUT2D eigenvalue weighted by molar-refractivity contribution is 7.89. The van der Waals surface area contributed by atoms with E-state index in [2.05, 4.69) is 4.98 Å². The van der Waals surface area contributed by atoms with Crippen molar-refractivity contribution in [1.82, 2.24) is 9.29 Å². The molecule has 5 nitrogen and oxygen atoms in total. The molecule has 0 amide bonds. The first-order chi connectivity index (χ1) is 9.33. The highest BCUT2D eigenvalue weighted by Crippen LogP contribution is 2.10. The topological polar surface area (TPSA) is 76.3 Å². The van der Waals surface area contributed by atoms with Crippen molar-refractivity contribution in [3.05, 3.63) is 30.1 Å². The molecule has 0 saturated carbocycles. The molecule has 0 aliphatic heterocycles. The van der Waals surface area contributed by atoms with E-state index in [0.717, 1.165) is 5.69 Å². The van der Waals surface area contributed by atoms with Crippen LogP contribution in [0.2, 0.25) is 0 Å². The van der Waals surface area contributed by atoms with Crippen molar-refractivity contribution in [3.8, 4) is 0 Å². The average Bonchev–Trinajstić information content (AvgIpc) is 2.37. The van der Waals surface area contributed by atoms with Crippen LogP contribution in [0, 0.1) is 0 Å². The number of pyridine rings is 1. The lowest BCUT2D eigenvalue weighted by molar-refractivity contribution is 0.362. The summed E-state index contributed by atoms with van der Waals surface area (Å²) in [6, 6.07) is 5.37. The summed E-state index contributed by atoms with van der Waals surface area (Å²) < 4.78 is 26.2. The van der Waals surface area contributed by atoms with Gasteiger partial charge in [0.1, 0.15) is 0 Å². The molecule has 0 fully saturated rings. The first-order valence-corrected chi connectivity index (χ1v) is 8.52. The Morgan fingerprint density at radius 3 is 2.65 bits per heavy atom. The van der Waals surface area contributed by atoms with Crippen molar-refractivity contribution in [2.45, 2.75) is 32.7 Å². The first kappa shape index (κ1) is 17.0. The van der Waals surface area contributed by atoms with Crippen LogP contribution in [-0.2, 0) is 16.4 Å². The molecular formula is C13H21N3O2S2. The standard InChI is InChI=1S/C13H21N3O2S2/c1-11(2)16(9-6-13(14)19)20(17,18)10-7-12-5-3-4-8-15-12/h3-5,8,11H,6-7,9-10H2,1-2H3,(H2,14,19). The fourth-order valence-corrected chi connectivity index (χ4v) is 3.64. The van der Waals surface area contributed by atoms with Crippen LogP contribution in [0.5, 0.6) is 0 Å². The lowest BCUT2D eigenvalue weighted by Gasteiger charge is -2.25. The zero-order valence-electron chi connectivity index (χ0n) is 11.8. The van der Waals surface area contributed by atoms with E-state index >= 15 is 0 Å². The molecule has 0 saturated heterocycles. The van der Waals surface area contributed by atoms with Crippen LogP contribution in [0.4, 0.5) is 0 Å². The Morgan fingerprint density at radius 1 is 1.45 bits per heavy atom. The van der Waals surface area contributed by atoms with E-state index in [1.54, 1.807) is 12.3 Å². The largest absolute Gasteiger partial charge is 0.393 e. The minimum atomic E-state index is -3.34. The van der Waals surface area contributed by atoms with Gasteiger partial charge in [-0.25, -0.2) is 8.42 Å². The second kappa shape index (κ2) is 7.66. The molecule has 0 bridgehead atoms. The lowest BCUT2D eigenvalue weighted by atomic mass is 10.3. The van der Waals surface area contributed by atoms with Crippen LogP contribution >= 0.6 is 12.2 Å². The van der Waals surface area contributed by atoms with Gasteiger partial charge in [0.15, 0.2) is 0 Å². The minimum absolute atomic E-state index is 0.0412. The number of rotatable bonds is 8. The zero-order chi connectivity index (χ0) is 15.2. The molecule has 0 aliphatic rings. The molecule has 1 rings (SSSR count). The van der Waals surface area contributed by atoms with E-state index < -0.39 is 10.0 Å². The summed E-state index contributed by atoms with van der Waals surface area (Å²) in [5, 5.41) is 0. The molecule has 0 radical (unpaired) electrons. The van der Waals surface area contributed by atoms with Crippen LogP contribution in [0.25, 0.3) is 0 Å². The zero-order valence-corrected chi connectivity index (χ0v) is 13.5. The van der Waals surface area contributed by atoms with Gasteiger partial charge in [-0.3, -0.25) is 4.98 Å². The van der Waals surface area contributed by atoms with Gasteiger partial charge in [-0.2, -0.15) is 4.31 Å². The van der Waals surface area contributed by atoms with Crippen molar-refractivity contribution in [1.29, 1.82) is 0 Å². The first-order valence-electron chi connectivity index (χ1n) is 6.50. The third-order valence-electron chi connectivity index (χ3n) is 2.85. The smallest absolute Gasteiger partial charge is 0.214 e. The molecule has 20 heavy (non-hydrogen) atoms. The van der Waals surface area contributed by atoms with Crippen molar-refractivity contribution >= 4 is 27.2 Å². The molecular weight excluding hydrogens is 294 g/mol. The Hall–Kier alpha value is -1.05. The summed E-state index contributed by atoms with van der Waals surface area (Å²) >= 11 is 4.81.